The molecule has 5 heteroatoms. The Balaban J connectivity index is 2.25. The number of carbonyl (C=O) groups is 1. The van der Waals surface area contributed by atoms with E-state index in [4.69, 9.17) is 0 Å². The van der Waals surface area contributed by atoms with Crippen molar-refractivity contribution in [3.63, 3.8) is 0 Å². The third-order valence-corrected chi connectivity index (χ3v) is 3.67. The van der Waals surface area contributed by atoms with Crippen molar-refractivity contribution in [1.29, 1.82) is 0 Å². The fourth-order valence-electron chi connectivity index (χ4n) is 2.57. The first-order valence-corrected chi connectivity index (χ1v) is 6.81. The lowest BCUT2D eigenvalue weighted by Crippen LogP contribution is -2.42. The summed E-state index contributed by atoms with van der Waals surface area (Å²) < 4.78 is 0. The van der Waals surface area contributed by atoms with E-state index in [0.717, 1.165) is 31.4 Å². The van der Waals surface area contributed by atoms with Gasteiger partial charge in [-0.1, -0.05) is 12.8 Å². The number of pyridine rings is 1. The number of carbonyl (C=O) groups excluding carboxylic acids is 1. The Morgan fingerprint density at radius 1 is 1.53 bits per heavy atom. The van der Waals surface area contributed by atoms with Crippen LogP contribution < -0.4 is 5.32 Å². The summed E-state index contributed by atoms with van der Waals surface area (Å²) in [5, 5.41) is 12.5. The number of aromatic nitrogens is 1. The van der Waals surface area contributed by atoms with Gasteiger partial charge in [0, 0.05) is 31.7 Å². The van der Waals surface area contributed by atoms with Crippen molar-refractivity contribution in [2.24, 2.45) is 0 Å². The van der Waals surface area contributed by atoms with Gasteiger partial charge in [0.25, 0.3) is 5.91 Å². The van der Waals surface area contributed by atoms with Gasteiger partial charge in [-0.2, -0.15) is 0 Å². The lowest BCUT2D eigenvalue weighted by Gasteiger charge is -2.29. The molecule has 2 rings (SSSR count). The summed E-state index contributed by atoms with van der Waals surface area (Å²) in [5.74, 6) is -0.0431. The Labute approximate surface area is 113 Å². The van der Waals surface area contributed by atoms with Gasteiger partial charge in [-0.05, 0) is 18.9 Å². The smallest absolute Gasteiger partial charge is 0.257 e. The minimum absolute atomic E-state index is 0.0287. The minimum Gasteiger partial charge on any atom is -0.394 e. The molecule has 1 aromatic heterocycles. The molecule has 5 nitrogen and oxygen atoms in total. The minimum atomic E-state index is -0.0695. The molecule has 1 amide bonds. The molecule has 0 saturated carbocycles. The zero-order chi connectivity index (χ0) is 13.7. The lowest BCUT2D eigenvalue weighted by molar-refractivity contribution is 0.0600. The fourth-order valence-corrected chi connectivity index (χ4v) is 2.57. The van der Waals surface area contributed by atoms with Crippen LogP contribution >= 0.6 is 0 Å². The van der Waals surface area contributed by atoms with Gasteiger partial charge in [0.15, 0.2) is 0 Å². The molecule has 19 heavy (non-hydrogen) atoms. The predicted octanol–water partition coefficient (Wildman–Crippen LogP) is 1.50. The second-order valence-electron chi connectivity index (χ2n) is 4.86. The Morgan fingerprint density at radius 2 is 2.37 bits per heavy atom. The van der Waals surface area contributed by atoms with Crippen molar-refractivity contribution in [2.45, 2.75) is 31.7 Å². The highest BCUT2D eigenvalue weighted by atomic mass is 16.3. The maximum absolute atomic E-state index is 12.6. The van der Waals surface area contributed by atoms with Gasteiger partial charge in [-0.3, -0.25) is 9.78 Å². The van der Waals surface area contributed by atoms with Crippen LogP contribution in [0.15, 0.2) is 18.5 Å². The SMILES string of the molecule is CNc1ccncc1C(=O)N1CCCCCC1CO. The van der Waals surface area contributed by atoms with Gasteiger partial charge in [0.05, 0.1) is 18.2 Å². The molecule has 1 fully saturated rings. The molecule has 1 unspecified atom stereocenters. The van der Waals surface area contributed by atoms with E-state index in [9.17, 15) is 9.90 Å². The summed E-state index contributed by atoms with van der Waals surface area (Å²) >= 11 is 0. The summed E-state index contributed by atoms with van der Waals surface area (Å²) in [6.45, 7) is 0.739. The second-order valence-corrected chi connectivity index (χ2v) is 4.86. The van der Waals surface area contributed by atoms with Crippen LogP contribution in [-0.4, -0.2) is 47.1 Å². The monoisotopic (exact) mass is 263 g/mol. The van der Waals surface area contributed by atoms with Crippen LogP contribution in [0.5, 0.6) is 0 Å². The zero-order valence-corrected chi connectivity index (χ0v) is 11.3. The first-order chi connectivity index (χ1) is 9.27. The van der Waals surface area contributed by atoms with E-state index in [1.165, 1.54) is 0 Å². The van der Waals surface area contributed by atoms with Gasteiger partial charge >= 0.3 is 0 Å². The first-order valence-electron chi connectivity index (χ1n) is 6.81. The molecule has 0 bridgehead atoms. The number of likely N-dealkylation sites (tertiary alicyclic amines) is 1. The highest BCUT2D eigenvalue weighted by Crippen LogP contribution is 2.22. The van der Waals surface area contributed by atoms with Crippen LogP contribution in [0.25, 0.3) is 0 Å². The van der Waals surface area contributed by atoms with Crippen LogP contribution in [0, 0.1) is 0 Å². The Morgan fingerprint density at radius 3 is 3.11 bits per heavy atom. The predicted molar refractivity (Wildman–Crippen MR) is 74.2 cm³/mol. The Bertz CT molecular complexity index is 436. The van der Waals surface area contributed by atoms with Gasteiger partial charge in [0.2, 0.25) is 0 Å². The summed E-state index contributed by atoms with van der Waals surface area (Å²) in [6.07, 6.45) is 7.31. The topological polar surface area (TPSA) is 65.5 Å². The van der Waals surface area contributed by atoms with E-state index < -0.39 is 0 Å². The normalized spacial score (nSPS) is 19.9. The number of amides is 1. The molecule has 2 N–H and O–H groups in total. The maximum Gasteiger partial charge on any atom is 0.257 e. The van der Waals surface area contributed by atoms with Crippen LogP contribution in [-0.2, 0) is 0 Å². The highest BCUT2D eigenvalue weighted by Gasteiger charge is 2.27. The number of rotatable bonds is 3. The van der Waals surface area contributed by atoms with Gasteiger partial charge in [-0.25, -0.2) is 0 Å². The van der Waals surface area contributed by atoms with Crippen molar-refractivity contribution in [3.05, 3.63) is 24.0 Å². The third-order valence-electron chi connectivity index (χ3n) is 3.67. The number of hydrogen-bond donors (Lipinski definition) is 2. The van der Waals surface area contributed by atoms with Crippen molar-refractivity contribution >= 4 is 11.6 Å². The van der Waals surface area contributed by atoms with Crippen LogP contribution in [0.4, 0.5) is 5.69 Å². The number of hydrogen-bond acceptors (Lipinski definition) is 4. The number of aliphatic hydroxyl groups excluding tert-OH is 1. The molecular weight excluding hydrogens is 242 g/mol. The molecule has 1 aliphatic heterocycles. The third kappa shape index (κ3) is 3.04. The van der Waals surface area contributed by atoms with E-state index in [1.54, 1.807) is 30.4 Å². The summed E-state index contributed by atoms with van der Waals surface area (Å²) in [4.78, 5) is 18.5. The average molecular weight is 263 g/mol. The Hall–Kier alpha value is -1.62. The number of nitrogens with one attached hydrogen (secondary N) is 1. The zero-order valence-electron chi connectivity index (χ0n) is 11.3. The summed E-state index contributed by atoms with van der Waals surface area (Å²) in [5.41, 5.74) is 1.35. The van der Waals surface area contributed by atoms with E-state index in [0.29, 0.717) is 12.1 Å². The molecule has 0 radical (unpaired) electrons. The average Bonchev–Trinajstić information content (AvgIpc) is 2.71. The molecule has 0 aromatic carbocycles. The van der Waals surface area contributed by atoms with Crippen molar-refractivity contribution in [1.82, 2.24) is 9.88 Å². The number of nitrogens with zero attached hydrogens (tertiary/aromatic N) is 2. The Kier molecular flexibility index (Phi) is 4.74. The first kappa shape index (κ1) is 13.8. The summed E-state index contributed by atoms with van der Waals surface area (Å²) in [6, 6.07) is 1.72. The molecule has 104 valence electrons. The molecule has 0 spiro atoms. The molecule has 1 saturated heterocycles. The van der Waals surface area contributed by atoms with Gasteiger partial charge in [0.1, 0.15) is 0 Å². The quantitative estimate of drug-likeness (QED) is 0.867. The van der Waals surface area contributed by atoms with Gasteiger partial charge in [-0.15, -0.1) is 0 Å². The fraction of sp³-hybridized carbons (Fsp3) is 0.571. The van der Waals surface area contributed by atoms with Crippen molar-refractivity contribution < 1.29 is 9.90 Å². The second kappa shape index (κ2) is 6.52. The number of aliphatic hydroxyl groups is 1. The van der Waals surface area contributed by atoms with Crippen LogP contribution in [0.2, 0.25) is 0 Å². The molecule has 1 aromatic rings. The lowest BCUT2D eigenvalue weighted by atomic mass is 10.1. The number of anilines is 1. The largest absolute Gasteiger partial charge is 0.394 e. The molecule has 2 heterocycles. The van der Waals surface area contributed by atoms with E-state index in [-0.39, 0.29) is 18.6 Å². The highest BCUT2D eigenvalue weighted by molar-refractivity contribution is 5.99. The van der Waals surface area contributed by atoms with Gasteiger partial charge < -0.3 is 15.3 Å². The van der Waals surface area contributed by atoms with Crippen molar-refractivity contribution in [3.8, 4) is 0 Å². The van der Waals surface area contributed by atoms with E-state index >= 15 is 0 Å². The molecular formula is C14H21N3O2. The maximum atomic E-state index is 12.6. The molecule has 0 aliphatic carbocycles. The molecule has 1 atom stereocenters. The van der Waals surface area contributed by atoms with Crippen LogP contribution in [0.1, 0.15) is 36.0 Å². The van der Waals surface area contributed by atoms with E-state index in [2.05, 4.69) is 10.3 Å². The van der Waals surface area contributed by atoms with Crippen LogP contribution in [0.3, 0.4) is 0 Å². The molecule has 1 aliphatic rings. The standard InChI is InChI=1S/C14H21N3O2/c1-15-13-6-7-16-9-12(13)14(19)17-8-4-2-3-5-11(17)10-18/h6-7,9,11,18H,2-5,8,10H2,1H3,(H,15,16). The summed E-state index contributed by atoms with van der Waals surface area (Å²) in [7, 11) is 1.79. The van der Waals surface area contributed by atoms with Crippen molar-refractivity contribution in [2.75, 3.05) is 25.5 Å². The van der Waals surface area contributed by atoms with E-state index in [1.807, 2.05) is 0 Å².